The van der Waals surface area contributed by atoms with Gasteiger partial charge in [-0.05, 0) is 57.1 Å². The van der Waals surface area contributed by atoms with Gasteiger partial charge in [-0.25, -0.2) is 9.98 Å². The minimum atomic E-state index is -0.128. The number of aromatic nitrogens is 2. The van der Waals surface area contributed by atoms with Crippen LogP contribution in [0.25, 0.3) is 17.1 Å². The summed E-state index contributed by atoms with van der Waals surface area (Å²) in [6.07, 6.45) is 8.80. The van der Waals surface area contributed by atoms with Gasteiger partial charge in [0.1, 0.15) is 11.3 Å². The second kappa shape index (κ2) is 6.68. The standard InChI is InChI=1S/C18H22N6O/c19-18-22-15(11-13-12-21-16-14(13)5-3-6-20-16)17(25)24(18)10-4-9-23-7-1-2-8-23/h3,5-6,11-12H,1-2,4,7-10H2,(H2,19,22)(H,20,21)/b15-11-. The zero-order valence-corrected chi connectivity index (χ0v) is 14.1. The number of hydrogen-bond acceptors (Lipinski definition) is 5. The summed E-state index contributed by atoms with van der Waals surface area (Å²) in [6, 6.07) is 3.84. The number of aromatic amines is 1. The Hall–Kier alpha value is -2.67. The number of amides is 1. The van der Waals surface area contributed by atoms with Crippen LogP contribution < -0.4 is 5.73 Å². The van der Waals surface area contributed by atoms with Gasteiger partial charge in [0.15, 0.2) is 0 Å². The number of nitrogens with one attached hydrogen (secondary N) is 1. The van der Waals surface area contributed by atoms with E-state index in [9.17, 15) is 4.79 Å². The molecule has 0 atom stereocenters. The minimum Gasteiger partial charge on any atom is -0.369 e. The maximum Gasteiger partial charge on any atom is 0.279 e. The summed E-state index contributed by atoms with van der Waals surface area (Å²) >= 11 is 0. The summed E-state index contributed by atoms with van der Waals surface area (Å²) in [7, 11) is 0. The molecule has 2 aliphatic rings. The average Bonchev–Trinajstić information content (AvgIpc) is 3.32. The van der Waals surface area contributed by atoms with E-state index in [2.05, 4.69) is 19.9 Å². The molecule has 7 heteroatoms. The van der Waals surface area contributed by atoms with E-state index in [1.165, 1.54) is 12.8 Å². The fourth-order valence-corrected chi connectivity index (χ4v) is 3.49. The molecule has 2 aromatic rings. The van der Waals surface area contributed by atoms with Gasteiger partial charge in [-0.1, -0.05) is 0 Å². The third-order valence-electron chi connectivity index (χ3n) is 4.81. The third-order valence-corrected chi connectivity index (χ3v) is 4.81. The van der Waals surface area contributed by atoms with Crippen molar-refractivity contribution < 1.29 is 4.79 Å². The SMILES string of the molecule is NC1=N/C(=C\c2c[nH]c3ncccc23)C(=O)N1CCCN1CCCC1. The zero-order valence-electron chi connectivity index (χ0n) is 14.1. The first-order valence-corrected chi connectivity index (χ1v) is 8.74. The first-order valence-electron chi connectivity index (χ1n) is 8.74. The molecule has 1 amide bonds. The van der Waals surface area contributed by atoms with Crippen molar-refractivity contribution >= 4 is 29.0 Å². The van der Waals surface area contributed by atoms with Crippen molar-refractivity contribution in [1.82, 2.24) is 19.8 Å². The van der Waals surface area contributed by atoms with Crippen molar-refractivity contribution in [3.8, 4) is 0 Å². The van der Waals surface area contributed by atoms with Crippen LogP contribution >= 0.6 is 0 Å². The zero-order chi connectivity index (χ0) is 17.2. The average molecular weight is 338 g/mol. The van der Waals surface area contributed by atoms with Gasteiger partial charge < -0.3 is 15.6 Å². The molecule has 0 aromatic carbocycles. The summed E-state index contributed by atoms with van der Waals surface area (Å²) in [6.45, 7) is 3.94. The Balaban J connectivity index is 1.46. The molecule has 4 heterocycles. The van der Waals surface area contributed by atoms with Gasteiger partial charge in [0.2, 0.25) is 5.96 Å². The van der Waals surface area contributed by atoms with Crippen LogP contribution in [0.3, 0.4) is 0 Å². The number of carbonyl (C=O) groups is 1. The minimum absolute atomic E-state index is 0.128. The molecule has 2 aromatic heterocycles. The number of guanidine groups is 1. The molecule has 130 valence electrons. The normalized spacial score (nSPS) is 20.2. The second-order valence-electron chi connectivity index (χ2n) is 6.50. The lowest BCUT2D eigenvalue weighted by Crippen LogP contribution is -2.39. The molecule has 0 aliphatic carbocycles. The molecule has 0 unspecified atom stereocenters. The third kappa shape index (κ3) is 3.15. The first-order chi connectivity index (χ1) is 12.2. The summed E-state index contributed by atoms with van der Waals surface area (Å²) in [5.74, 6) is 0.160. The number of aliphatic imine (C=N–C) groups is 1. The van der Waals surface area contributed by atoms with Gasteiger partial charge >= 0.3 is 0 Å². The molecule has 1 fully saturated rings. The fraction of sp³-hybridized carbons (Fsp3) is 0.389. The van der Waals surface area contributed by atoms with Crippen molar-refractivity contribution in [2.45, 2.75) is 19.3 Å². The van der Waals surface area contributed by atoms with E-state index in [1.54, 1.807) is 17.2 Å². The number of carbonyl (C=O) groups excluding carboxylic acids is 1. The lowest BCUT2D eigenvalue weighted by Gasteiger charge is -2.18. The van der Waals surface area contributed by atoms with Crippen molar-refractivity contribution in [1.29, 1.82) is 0 Å². The van der Waals surface area contributed by atoms with E-state index in [0.717, 1.165) is 42.7 Å². The number of rotatable bonds is 5. The number of H-pyrrole nitrogens is 1. The van der Waals surface area contributed by atoms with Gasteiger partial charge in [0.05, 0.1) is 0 Å². The van der Waals surface area contributed by atoms with Crippen molar-refractivity contribution in [2.75, 3.05) is 26.2 Å². The molecule has 0 spiro atoms. The molecule has 25 heavy (non-hydrogen) atoms. The highest BCUT2D eigenvalue weighted by Crippen LogP contribution is 2.22. The van der Waals surface area contributed by atoms with E-state index in [1.807, 2.05) is 18.3 Å². The van der Waals surface area contributed by atoms with Gasteiger partial charge in [-0.2, -0.15) is 0 Å². The summed E-state index contributed by atoms with van der Waals surface area (Å²) in [4.78, 5) is 28.3. The highest BCUT2D eigenvalue weighted by atomic mass is 16.2. The molecule has 1 saturated heterocycles. The molecular weight excluding hydrogens is 316 g/mol. The Kier molecular flexibility index (Phi) is 4.23. The van der Waals surface area contributed by atoms with Crippen molar-refractivity contribution in [3.63, 3.8) is 0 Å². The van der Waals surface area contributed by atoms with E-state index < -0.39 is 0 Å². The second-order valence-corrected chi connectivity index (χ2v) is 6.50. The number of nitrogens with zero attached hydrogens (tertiary/aromatic N) is 4. The molecule has 0 radical (unpaired) electrons. The van der Waals surface area contributed by atoms with Gasteiger partial charge in [-0.3, -0.25) is 9.69 Å². The fourth-order valence-electron chi connectivity index (χ4n) is 3.49. The first kappa shape index (κ1) is 15.8. The van der Waals surface area contributed by atoms with Crippen LogP contribution in [0.2, 0.25) is 0 Å². The van der Waals surface area contributed by atoms with E-state index >= 15 is 0 Å². The Morgan fingerprint density at radius 2 is 2.12 bits per heavy atom. The van der Waals surface area contributed by atoms with Crippen molar-refractivity contribution in [2.24, 2.45) is 10.7 Å². The monoisotopic (exact) mass is 338 g/mol. The largest absolute Gasteiger partial charge is 0.369 e. The van der Waals surface area contributed by atoms with Crippen LogP contribution in [0.4, 0.5) is 0 Å². The summed E-state index contributed by atoms with van der Waals surface area (Å²) < 4.78 is 0. The van der Waals surface area contributed by atoms with Crippen LogP contribution in [0.1, 0.15) is 24.8 Å². The van der Waals surface area contributed by atoms with E-state index in [0.29, 0.717) is 12.2 Å². The Bertz CT molecular complexity index is 846. The Labute approximate surface area is 146 Å². The molecular formula is C18H22N6O. The quantitative estimate of drug-likeness (QED) is 0.809. The van der Waals surface area contributed by atoms with Gasteiger partial charge in [0, 0.05) is 29.9 Å². The molecule has 0 saturated carbocycles. The Morgan fingerprint density at radius 3 is 2.96 bits per heavy atom. The highest BCUT2D eigenvalue weighted by Gasteiger charge is 2.28. The summed E-state index contributed by atoms with van der Waals surface area (Å²) in [5, 5.41) is 0.962. The van der Waals surface area contributed by atoms with Crippen molar-refractivity contribution in [3.05, 3.63) is 35.8 Å². The van der Waals surface area contributed by atoms with Crippen LogP contribution in [0.5, 0.6) is 0 Å². The number of likely N-dealkylation sites (tertiary alicyclic amines) is 1. The number of hydrogen-bond donors (Lipinski definition) is 2. The summed E-state index contributed by atoms with van der Waals surface area (Å²) in [5.41, 5.74) is 8.04. The maximum atomic E-state index is 12.6. The van der Waals surface area contributed by atoms with Crippen LogP contribution in [0.15, 0.2) is 35.2 Å². The topological polar surface area (TPSA) is 90.6 Å². The predicted molar refractivity (Wildman–Crippen MR) is 97.7 cm³/mol. The number of pyridine rings is 1. The number of fused-ring (bicyclic) bond motifs is 1. The lowest BCUT2D eigenvalue weighted by molar-refractivity contribution is -0.122. The highest BCUT2D eigenvalue weighted by molar-refractivity contribution is 6.13. The molecule has 4 rings (SSSR count). The van der Waals surface area contributed by atoms with Gasteiger partial charge in [-0.15, -0.1) is 0 Å². The molecule has 3 N–H and O–H groups in total. The molecule has 0 bridgehead atoms. The van der Waals surface area contributed by atoms with Crippen LogP contribution in [-0.2, 0) is 4.79 Å². The predicted octanol–water partition coefficient (Wildman–Crippen LogP) is 1.55. The number of nitrogens with two attached hydrogens (primary N) is 1. The van der Waals surface area contributed by atoms with E-state index in [-0.39, 0.29) is 11.9 Å². The van der Waals surface area contributed by atoms with E-state index in [4.69, 9.17) is 5.73 Å². The lowest BCUT2D eigenvalue weighted by atomic mass is 10.2. The smallest absolute Gasteiger partial charge is 0.279 e. The van der Waals surface area contributed by atoms with Gasteiger partial charge in [0.25, 0.3) is 5.91 Å². The molecule has 7 nitrogen and oxygen atoms in total. The Morgan fingerprint density at radius 1 is 1.28 bits per heavy atom. The molecule has 2 aliphatic heterocycles. The maximum absolute atomic E-state index is 12.6. The van der Waals surface area contributed by atoms with Crippen LogP contribution in [0, 0.1) is 0 Å². The van der Waals surface area contributed by atoms with Crippen LogP contribution in [-0.4, -0.2) is 57.8 Å².